The highest BCUT2D eigenvalue weighted by molar-refractivity contribution is 6.04. The lowest BCUT2D eigenvalue weighted by Gasteiger charge is -2.09. The number of hydrogen-bond acceptors (Lipinski definition) is 4. The van der Waals surface area contributed by atoms with Gasteiger partial charge in [0.15, 0.2) is 0 Å². The van der Waals surface area contributed by atoms with Crippen LogP contribution in [0.2, 0.25) is 0 Å². The molecule has 0 bridgehead atoms. The molecule has 3 rings (SSSR count). The van der Waals surface area contributed by atoms with E-state index in [1.165, 1.54) is 24.4 Å². The van der Waals surface area contributed by atoms with E-state index in [0.717, 1.165) is 0 Å². The molecular formula is C19H13FN4O. The molecule has 0 spiro atoms. The zero-order chi connectivity index (χ0) is 17.6. The van der Waals surface area contributed by atoms with E-state index in [0.29, 0.717) is 28.2 Å². The molecule has 0 radical (unpaired) electrons. The molecule has 0 aliphatic heterocycles. The van der Waals surface area contributed by atoms with Gasteiger partial charge in [-0.15, -0.1) is 0 Å². The second-order valence-electron chi connectivity index (χ2n) is 5.21. The molecule has 2 aromatic carbocycles. The topological polar surface area (TPSA) is 77.8 Å². The van der Waals surface area contributed by atoms with Gasteiger partial charge in [0.25, 0.3) is 5.91 Å². The first-order valence-corrected chi connectivity index (χ1v) is 7.44. The van der Waals surface area contributed by atoms with Gasteiger partial charge in [-0.05, 0) is 36.4 Å². The fourth-order valence-corrected chi connectivity index (χ4v) is 2.25. The lowest BCUT2D eigenvalue weighted by atomic mass is 10.2. The van der Waals surface area contributed by atoms with E-state index < -0.39 is 11.7 Å². The van der Waals surface area contributed by atoms with Crippen molar-refractivity contribution in [3.05, 3.63) is 83.9 Å². The van der Waals surface area contributed by atoms with Crippen LogP contribution in [0.25, 0.3) is 0 Å². The minimum atomic E-state index is -0.431. The Kier molecular flexibility index (Phi) is 4.67. The Labute approximate surface area is 143 Å². The van der Waals surface area contributed by atoms with Crippen LogP contribution in [0, 0.1) is 17.1 Å². The minimum absolute atomic E-state index is 0.309. The second kappa shape index (κ2) is 7.23. The van der Waals surface area contributed by atoms with Crippen molar-refractivity contribution in [2.45, 2.75) is 0 Å². The van der Waals surface area contributed by atoms with E-state index in [4.69, 9.17) is 5.26 Å². The zero-order valence-corrected chi connectivity index (χ0v) is 13.0. The van der Waals surface area contributed by atoms with Gasteiger partial charge < -0.3 is 10.6 Å². The van der Waals surface area contributed by atoms with E-state index in [-0.39, 0.29) is 0 Å². The fraction of sp³-hybridized carbons (Fsp3) is 0. The summed E-state index contributed by atoms with van der Waals surface area (Å²) in [7, 11) is 0. The van der Waals surface area contributed by atoms with Crippen molar-refractivity contribution in [1.82, 2.24) is 4.98 Å². The molecule has 0 saturated carbocycles. The lowest BCUT2D eigenvalue weighted by Crippen LogP contribution is -2.12. The number of carbonyl (C=O) groups is 1. The van der Waals surface area contributed by atoms with Crippen molar-refractivity contribution in [1.29, 1.82) is 5.26 Å². The predicted molar refractivity (Wildman–Crippen MR) is 93.0 cm³/mol. The number of nitrogens with one attached hydrogen (secondary N) is 2. The summed E-state index contributed by atoms with van der Waals surface area (Å²) >= 11 is 0. The molecule has 0 saturated heterocycles. The van der Waals surface area contributed by atoms with Crippen molar-refractivity contribution in [2.24, 2.45) is 0 Å². The lowest BCUT2D eigenvalue weighted by molar-refractivity contribution is 0.102. The Morgan fingerprint density at radius 2 is 1.88 bits per heavy atom. The Morgan fingerprint density at radius 3 is 2.68 bits per heavy atom. The first-order chi connectivity index (χ1) is 12.2. The maximum atomic E-state index is 13.2. The Hall–Kier alpha value is -3.72. The number of carbonyl (C=O) groups excluding carboxylic acids is 1. The van der Waals surface area contributed by atoms with Crippen LogP contribution in [0.4, 0.5) is 21.5 Å². The molecular weight excluding hydrogens is 319 g/mol. The van der Waals surface area contributed by atoms with Gasteiger partial charge in [0.2, 0.25) is 0 Å². The molecule has 0 atom stereocenters. The van der Waals surface area contributed by atoms with Gasteiger partial charge in [-0.1, -0.05) is 18.2 Å². The number of rotatable bonds is 4. The third-order valence-electron chi connectivity index (χ3n) is 3.41. The number of anilines is 3. The monoisotopic (exact) mass is 332 g/mol. The SMILES string of the molecule is N#Cc1ccccc1Nc1cncc(C(=O)Nc2cccc(F)c2)c1. The minimum Gasteiger partial charge on any atom is -0.353 e. The second-order valence-corrected chi connectivity index (χ2v) is 5.21. The number of hydrogen-bond donors (Lipinski definition) is 2. The third-order valence-corrected chi connectivity index (χ3v) is 3.41. The third kappa shape index (κ3) is 3.98. The first kappa shape index (κ1) is 16.1. The van der Waals surface area contributed by atoms with Crippen LogP contribution in [-0.4, -0.2) is 10.9 Å². The van der Waals surface area contributed by atoms with Crippen LogP contribution in [0.3, 0.4) is 0 Å². The molecule has 122 valence electrons. The summed E-state index contributed by atoms with van der Waals surface area (Å²) in [6, 6.07) is 16.4. The normalized spacial score (nSPS) is 9.92. The molecule has 25 heavy (non-hydrogen) atoms. The van der Waals surface area contributed by atoms with Crippen LogP contribution in [0.5, 0.6) is 0 Å². The van der Waals surface area contributed by atoms with Crippen molar-refractivity contribution in [2.75, 3.05) is 10.6 Å². The smallest absolute Gasteiger partial charge is 0.257 e. The molecule has 6 heteroatoms. The van der Waals surface area contributed by atoms with Crippen LogP contribution in [-0.2, 0) is 0 Å². The highest BCUT2D eigenvalue weighted by atomic mass is 19.1. The molecule has 1 amide bonds. The van der Waals surface area contributed by atoms with Gasteiger partial charge in [-0.2, -0.15) is 5.26 Å². The summed E-state index contributed by atoms with van der Waals surface area (Å²) in [5.74, 6) is -0.838. The van der Waals surface area contributed by atoms with E-state index in [1.54, 1.807) is 42.6 Å². The summed E-state index contributed by atoms with van der Waals surface area (Å²) in [5, 5.41) is 14.8. The van der Waals surface area contributed by atoms with E-state index >= 15 is 0 Å². The van der Waals surface area contributed by atoms with Crippen LogP contribution >= 0.6 is 0 Å². The van der Waals surface area contributed by atoms with Gasteiger partial charge in [0.1, 0.15) is 11.9 Å². The van der Waals surface area contributed by atoms with E-state index in [1.807, 2.05) is 0 Å². The predicted octanol–water partition coefficient (Wildman–Crippen LogP) is 4.09. The van der Waals surface area contributed by atoms with Gasteiger partial charge in [-0.3, -0.25) is 9.78 Å². The maximum absolute atomic E-state index is 13.2. The Morgan fingerprint density at radius 1 is 1.04 bits per heavy atom. The summed E-state index contributed by atoms with van der Waals surface area (Å²) in [6.07, 6.45) is 2.96. The average molecular weight is 332 g/mol. The van der Waals surface area contributed by atoms with Crippen molar-refractivity contribution in [3.8, 4) is 6.07 Å². The van der Waals surface area contributed by atoms with Gasteiger partial charge in [0.05, 0.1) is 28.7 Å². The highest BCUT2D eigenvalue weighted by Gasteiger charge is 2.09. The first-order valence-electron chi connectivity index (χ1n) is 7.44. The average Bonchev–Trinajstić information content (AvgIpc) is 2.62. The molecule has 0 unspecified atom stereocenters. The highest BCUT2D eigenvalue weighted by Crippen LogP contribution is 2.20. The number of nitrogens with zero attached hydrogens (tertiary/aromatic N) is 2. The molecule has 3 aromatic rings. The summed E-state index contributed by atoms with van der Waals surface area (Å²) in [4.78, 5) is 16.3. The largest absolute Gasteiger partial charge is 0.353 e. The number of para-hydroxylation sites is 1. The Balaban J connectivity index is 1.79. The van der Waals surface area contributed by atoms with Crippen molar-refractivity contribution >= 4 is 23.0 Å². The van der Waals surface area contributed by atoms with E-state index in [9.17, 15) is 9.18 Å². The molecule has 5 nitrogen and oxygen atoms in total. The van der Waals surface area contributed by atoms with Crippen LogP contribution in [0.15, 0.2) is 67.0 Å². The van der Waals surface area contributed by atoms with Gasteiger partial charge in [0, 0.05) is 11.9 Å². The zero-order valence-electron chi connectivity index (χ0n) is 13.0. The number of halogens is 1. The van der Waals surface area contributed by atoms with Crippen molar-refractivity contribution < 1.29 is 9.18 Å². The van der Waals surface area contributed by atoms with Gasteiger partial charge in [-0.25, -0.2) is 4.39 Å². The summed E-state index contributed by atoms with van der Waals surface area (Å²) in [5.41, 5.74) is 2.34. The summed E-state index contributed by atoms with van der Waals surface area (Å²) in [6.45, 7) is 0. The molecule has 2 N–H and O–H groups in total. The molecule has 1 heterocycles. The molecule has 0 aliphatic carbocycles. The number of amides is 1. The number of nitriles is 1. The van der Waals surface area contributed by atoms with E-state index in [2.05, 4.69) is 21.7 Å². The molecule has 0 fully saturated rings. The number of pyridine rings is 1. The number of aromatic nitrogens is 1. The molecule has 0 aliphatic rings. The van der Waals surface area contributed by atoms with Gasteiger partial charge >= 0.3 is 0 Å². The fourth-order valence-electron chi connectivity index (χ4n) is 2.25. The quantitative estimate of drug-likeness (QED) is 0.754. The maximum Gasteiger partial charge on any atom is 0.257 e. The van der Waals surface area contributed by atoms with Crippen molar-refractivity contribution in [3.63, 3.8) is 0 Å². The van der Waals surface area contributed by atoms with Crippen LogP contribution in [0.1, 0.15) is 15.9 Å². The van der Waals surface area contributed by atoms with Crippen LogP contribution < -0.4 is 10.6 Å². The molecule has 1 aromatic heterocycles. The summed E-state index contributed by atoms with van der Waals surface area (Å²) < 4.78 is 13.2. The standard InChI is InChI=1S/C19H13FN4O/c20-15-5-3-6-16(9-15)24-19(25)14-8-17(12-22-11-14)23-18-7-2-1-4-13(18)10-21/h1-9,11-12,23H,(H,24,25). The number of benzene rings is 2. The Bertz CT molecular complexity index is 965.